The molecular weight excluding hydrogens is 254 g/mol. The topological polar surface area (TPSA) is 70.9 Å². The number of aryl methyl sites for hydroxylation is 2. The highest BCUT2D eigenvalue weighted by Gasteiger charge is 2.11. The van der Waals surface area contributed by atoms with Gasteiger partial charge in [0, 0.05) is 27.9 Å². The Kier molecular flexibility index (Phi) is 2.27. The van der Waals surface area contributed by atoms with Crippen molar-refractivity contribution in [2.45, 2.75) is 20.3 Å². The summed E-state index contributed by atoms with van der Waals surface area (Å²) in [6.07, 6.45) is 0. The summed E-state index contributed by atoms with van der Waals surface area (Å²) in [6, 6.07) is 8.63. The van der Waals surface area contributed by atoms with Crippen molar-refractivity contribution in [2.75, 3.05) is 0 Å². The molecule has 3 aromatic rings. The summed E-state index contributed by atoms with van der Waals surface area (Å²) in [5.41, 5.74) is 2.45. The molecule has 0 spiro atoms. The van der Waals surface area contributed by atoms with E-state index in [1.165, 1.54) is 0 Å². The third-order valence-electron chi connectivity index (χ3n) is 2.99. The lowest BCUT2D eigenvalue weighted by molar-refractivity contribution is 0.0914. The van der Waals surface area contributed by atoms with Crippen molar-refractivity contribution in [1.82, 2.24) is 15.5 Å². The summed E-state index contributed by atoms with van der Waals surface area (Å²) in [4.78, 5) is 14.8. The number of nitrogens with zero attached hydrogens (tertiary/aromatic N) is 1. The Hall–Kier alpha value is -2.56. The smallest absolute Gasteiger partial charge is 0.290 e. The van der Waals surface area contributed by atoms with E-state index in [1.54, 1.807) is 25.1 Å². The van der Waals surface area contributed by atoms with Crippen LogP contribution < -0.4 is 5.32 Å². The number of aromatic nitrogens is 2. The highest BCUT2D eigenvalue weighted by Crippen LogP contribution is 2.16. The maximum absolute atomic E-state index is 11.9. The number of aromatic amines is 1. The Labute approximate surface area is 120 Å². The average Bonchev–Trinajstić information content (AvgIpc) is 3.09. The predicted molar refractivity (Wildman–Crippen MR) is 75.4 cm³/mol. The van der Waals surface area contributed by atoms with E-state index in [2.05, 4.69) is 15.5 Å². The molecule has 1 amide bonds. The highest BCUT2D eigenvalue weighted by atomic mass is 16.5. The van der Waals surface area contributed by atoms with Crippen LogP contribution in [0.15, 0.2) is 34.9 Å². The lowest BCUT2D eigenvalue weighted by atomic mass is 10.1. The maximum Gasteiger partial charge on any atom is 0.290 e. The van der Waals surface area contributed by atoms with Crippen molar-refractivity contribution in [2.24, 2.45) is 0 Å². The number of H-pyrrole nitrogens is 1. The Bertz CT molecular complexity index is 864. The van der Waals surface area contributed by atoms with Gasteiger partial charge in [-0.25, -0.2) is 0 Å². The molecule has 0 saturated heterocycles. The largest absolute Gasteiger partial charge is 0.359 e. The molecule has 0 atom stereocenters. The van der Waals surface area contributed by atoms with Gasteiger partial charge in [-0.1, -0.05) is 11.2 Å². The molecule has 0 aliphatic carbocycles. The minimum Gasteiger partial charge on any atom is -0.359 e. The molecule has 0 radical (unpaired) electrons. The second kappa shape index (κ2) is 4.85. The van der Waals surface area contributed by atoms with Gasteiger partial charge in [-0.2, -0.15) is 0 Å². The first-order valence-corrected chi connectivity index (χ1v) is 6.16. The number of hydrogen-bond acceptors (Lipinski definition) is 3. The average molecular weight is 272 g/mol. The molecule has 102 valence electrons. The zero-order chi connectivity index (χ0) is 16.6. The Morgan fingerprint density at radius 2 is 2.35 bits per heavy atom. The van der Waals surface area contributed by atoms with Gasteiger partial charge < -0.3 is 14.8 Å². The van der Waals surface area contributed by atoms with E-state index in [0.29, 0.717) is 12.2 Å². The number of hydrogen-bond donors (Lipinski definition) is 2. The summed E-state index contributed by atoms with van der Waals surface area (Å²) < 4.78 is 27.2. The molecule has 2 heterocycles. The minimum atomic E-state index is -2.17. The molecule has 0 aliphatic heterocycles. The van der Waals surface area contributed by atoms with Gasteiger partial charge in [0.15, 0.2) is 0 Å². The lowest BCUT2D eigenvalue weighted by Gasteiger charge is -2.03. The molecule has 2 aromatic heterocycles. The van der Waals surface area contributed by atoms with Gasteiger partial charge in [0.25, 0.3) is 5.91 Å². The second-order valence-electron chi connectivity index (χ2n) is 4.62. The molecule has 5 nitrogen and oxygen atoms in total. The molecular formula is C15H15N3O2. The van der Waals surface area contributed by atoms with E-state index in [0.717, 1.165) is 16.5 Å². The van der Waals surface area contributed by atoms with Gasteiger partial charge in [-0.05, 0) is 42.9 Å². The van der Waals surface area contributed by atoms with Crippen LogP contribution in [-0.4, -0.2) is 16.0 Å². The monoisotopic (exact) mass is 272 g/mol. The number of fused-ring (bicyclic) bond motifs is 1. The number of benzene rings is 1. The quantitative estimate of drug-likeness (QED) is 0.770. The fraction of sp³-hybridized carbons (Fsp3) is 0.200. The fourth-order valence-corrected chi connectivity index (χ4v) is 2.03. The van der Waals surface area contributed by atoms with Gasteiger partial charge >= 0.3 is 0 Å². The lowest BCUT2D eigenvalue weighted by Crippen LogP contribution is -2.22. The first-order chi connectivity index (χ1) is 10.8. The Balaban J connectivity index is 1.74. The first-order valence-electron chi connectivity index (χ1n) is 7.66. The van der Waals surface area contributed by atoms with Crippen LogP contribution in [0.25, 0.3) is 10.9 Å². The van der Waals surface area contributed by atoms with E-state index in [9.17, 15) is 4.79 Å². The zero-order valence-corrected chi connectivity index (χ0v) is 10.9. The number of nitrogens with one attached hydrogen (secondary N) is 2. The fourth-order valence-electron chi connectivity index (χ4n) is 2.03. The van der Waals surface area contributed by atoms with Gasteiger partial charge in [-0.3, -0.25) is 4.79 Å². The van der Waals surface area contributed by atoms with Crippen molar-refractivity contribution in [1.29, 1.82) is 0 Å². The van der Waals surface area contributed by atoms with Crippen molar-refractivity contribution >= 4 is 16.8 Å². The van der Waals surface area contributed by atoms with Crippen LogP contribution in [0.4, 0.5) is 0 Å². The Morgan fingerprint density at radius 3 is 3.10 bits per heavy atom. The van der Waals surface area contributed by atoms with Crippen LogP contribution in [0.3, 0.4) is 0 Å². The SMILES string of the molecule is [2H]C([2H])([2H])c1cc2cc(CNC(=O)c3cc(C)no3)ccc2[nH]1. The van der Waals surface area contributed by atoms with E-state index in [-0.39, 0.29) is 17.4 Å². The zero-order valence-electron chi connectivity index (χ0n) is 13.9. The van der Waals surface area contributed by atoms with Crippen molar-refractivity contribution in [3.63, 3.8) is 0 Å². The standard InChI is InChI=1S/C15H15N3O2/c1-9-5-12-7-11(3-4-13(12)17-9)8-16-15(19)14-6-10(2)18-20-14/h3-7,17H,8H2,1-2H3,(H,16,19)/i1D3. The molecule has 0 saturated carbocycles. The molecule has 3 rings (SSSR count). The van der Waals surface area contributed by atoms with Gasteiger partial charge in [0.1, 0.15) is 0 Å². The van der Waals surface area contributed by atoms with Crippen molar-refractivity contribution < 1.29 is 13.4 Å². The van der Waals surface area contributed by atoms with Gasteiger partial charge in [0.05, 0.1) is 5.69 Å². The van der Waals surface area contributed by atoms with E-state index in [1.807, 2.05) is 12.1 Å². The highest BCUT2D eigenvalue weighted by molar-refractivity contribution is 5.91. The Morgan fingerprint density at radius 1 is 1.45 bits per heavy atom. The molecule has 0 aliphatic rings. The summed E-state index contributed by atoms with van der Waals surface area (Å²) in [6.45, 7) is -0.122. The van der Waals surface area contributed by atoms with Crippen LogP contribution in [-0.2, 0) is 6.54 Å². The normalized spacial score (nSPS) is 13.8. The third kappa shape index (κ3) is 2.42. The van der Waals surface area contributed by atoms with E-state index < -0.39 is 6.85 Å². The molecule has 20 heavy (non-hydrogen) atoms. The van der Waals surface area contributed by atoms with E-state index in [4.69, 9.17) is 8.64 Å². The minimum absolute atomic E-state index is 0.162. The molecule has 0 unspecified atom stereocenters. The van der Waals surface area contributed by atoms with Crippen LogP contribution >= 0.6 is 0 Å². The molecule has 1 aromatic carbocycles. The molecule has 0 bridgehead atoms. The third-order valence-corrected chi connectivity index (χ3v) is 2.99. The number of carbonyl (C=O) groups excluding carboxylic acids is 1. The van der Waals surface area contributed by atoms with Gasteiger partial charge in [-0.15, -0.1) is 0 Å². The summed E-state index contributed by atoms with van der Waals surface area (Å²) in [7, 11) is 0. The maximum atomic E-state index is 11.9. The van der Waals surface area contributed by atoms with E-state index >= 15 is 0 Å². The predicted octanol–water partition coefficient (Wildman–Crippen LogP) is 2.70. The number of rotatable bonds is 3. The van der Waals surface area contributed by atoms with Crippen LogP contribution in [0.2, 0.25) is 0 Å². The summed E-state index contributed by atoms with van der Waals surface area (Å²) in [5, 5.41) is 7.19. The molecule has 5 heteroatoms. The van der Waals surface area contributed by atoms with Crippen LogP contribution in [0, 0.1) is 13.8 Å². The van der Waals surface area contributed by atoms with Crippen molar-refractivity contribution in [3.8, 4) is 0 Å². The molecule has 0 fully saturated rings. The molecule has 2 N–H and O–H groups in total. The van der Waals surface area contributed by atoms with Crippen LogP contribution in [0.1, 0.15) is 31.6 Å². The second-order valence-corrected chi connectivity index (χ2v) is 4.62. The van der Waals surface area contributed by atoms with Crippen LogP contribution in [0.5, 0.6) is 0 Å². The summed E-state index contributed by atoms with van der Waals surface area (Å²) >= 11 is 0. The number of amides is 1. The number of carbonyl (C=O) groups is 1. The van der Waals surface area contributed by atoms with Gasteiger partial charge in [0.2, 0.25) is 5.76 Å². The summed E-state index contributed by atoms with van der Waals surface area (Å²) in [5.74, 6) is -0.183. The first kappa shape index (κ1) is 9.36. The van der Waals surface area contributed by atoms with Crippen molar-refractivity contribution in [3.05, 3.63) is 53.0 Å².